The normalized spacial score (nSPS) is 10.2. The zero-order chi connectivity index (χ0) is 13.1. The summed E-state index contributed by atoms with van der Waals surface area (Å²) in [5, 5.41) is 0.897. The molecule has 0 aliphatic heterocycles. The molecule has 1 aromatic carbocycles. The van der Waals surface area contributed by atoms with Crippen LogP contribution in [0.2, 0.25) is 10.2 Å². The largest absolute Gasteiger partial charge is 0.464 e. The van der Waals surface area contributed by atoms with Gasteiger partial charge in [-0.15, -0.1) is 0 Å². The van der Waals surface area contributed by atoms with Crippen LogP contribution in [0.25, 0.3) is 11.1 Å². The number of ether oxygens (including phenoxy) is 1. The molecule has 0 aliphatic rings. The summed E-state index contributed by atoms with van der Waals surface area (Å²) in [6.45, 7) is 0. The van der Waals surface area contributed by atoms with Crippen LogP contribution < -0.4 is 0 Å². The monoisotopic (exact) mass is 281 g/mol. The minimum atomic E-state index is -0.514. The van der Waals surface area contributed by atoms with E-state index < -0.39 is 5.97 Å². The Labute approximate surface area is 114 Å². The van der Waals surface area contributed by atoms with Crippen LogP contribution in [-0.2, 0) is 4.74 Å². The molecule has 0 radical (unpaired) electrons. The maximum absolute atomic E-state index is 11.3. The highest BCUT2D eigenvalue weighted by Crippen LogP contribution is 2.27. The summed E-state index contributed by atoms with van der Waals surface area (Å²) >= 11 is 11.9. The Morgan fingerprint density at radius 2 is 1.78 bits per heavy atom. The van der Waals surface area contributed by atoms with Gasteiger partial charge in [-0.3, -0.25) is 0 Å². The van der Waals surface area contributed by atoms with Gasteiger partial charge < -0.3 is 4.74 Å². The summed E-state index contributed by atoms with van der Waals surface area (Å²) in [4.78, 5) is 15.3. The fraction of sp³-hybridized carbons (Fsp3) is 0.0769. The minimum absolute atomic E-state index is 0.181. The first-order chi connectivity index (χ1) is 8.61. The third-order valence-electron chi connectivity index (χ3n) is 2.40. The molecule has 0 N–H and O–H groups in total. The SMILES string of the molecule is COC(=O)c1ccc(-c2ccc(Cl)cc2)c(Cl)n1. The third kappa shape index (κ3) is 2.63. The fourth-order valence-electron chi connectivity index (χ4n) is 1.50. The number of carbonyl (C=O) groups is 1. The molecular formula is C13H9Cl2NO2. The van der Waals surface area contributed by atoms with Gasteiger partial charge in [-0.25, -0.2) is 9.78 Å². The molecule has 92 valence electrons. The number of nitrogens with zero attached hydrogens (tertiary/aromatic N) is 1. The maximum atomic E-state index is 11.3. The van der Waals surface area contributed by atoms with Crippen LogP contribution in [0, 0.1) is 0 Å². The maximum Gasteiger partial charge on any atom is 0.356 e. The molecule has 1 aromatic heterocycles. The first-order valence-electron chi connectivity index (χ1n) is 5.12. The van der Waals surface area contributed by atoms with Gasteiger partial charge >= 0.3 is 5.97 Å². The van der Waals surface area contributed by atoms with Gasteiger partial charge in [-0.05, 0) is 29.8 Å². The Morgan fingerprint density at radius 3 is 2.33 bits per heavy atom. The van der Waals surface area contributed by atoms with Crippen molar-refractivity contribution in [2.75, 3.05) is 7.11 Å². The molecule has 0 bridgehead atoms. The number of methoxy groups -OCH3 is 1. The van der Waals surface area contributed by atoms with E-state index in [-0.39, 0.29) is 10.8 Å². The van der Waals surface area contributed by atoms with E-state index in [1.807, 2.05) is 12.1 Å². The van der Waals surface area contributed by atoms with Gasteiger partial charge in [0.1, 0.15) is 10.8 Å². The summed E-state index contributed by atoms with van der Waals surface area (Å²) in [6, 6.07) is 10.5. The molecule has 2 rings (SSSR count). The van der Waals surface area contributed by atoms with Gasteiger partial charge in [-0.2, -0.15) is 0 Å². The van der Waals surface area contributed by atoms with Crippen LogP contribution in [0.4, 0.5) is 0 Å². The average Bonchev–Trinajstić information content (AvgIpc) is 2.39. The van der Waals surface area contributed by atoms with Crippen molar-refractivity contribution in [3.05, 3.63) is 52.3 Å². The number of aromatic nitrogens is 1. The van der Waals surface area contributed by atoms with E-state index in [1.54, 1.807) is 24.3 Å². The highest BCUT2D eigenvalue weighted by molar-refractivity contribution is 6.32. The number of hydrogen-bond donors (Lipinski definition) is 0. The number of esters is 1. The second-order valence-corrected chi connectivity index (χ2v) is 4.33. The summed E-state index contributed by atoms with van der Waals surface area (Å²) in [7, 11) is 1.30. The third-order valence-corrected chi connectivity index (χ3v) is 2.94. The van der Waals surface area contributed by atoms with Gasteiger partial charge in [0, 0.05) is 10.6 Å². The zero-order valence-electron chi connectivity index (χ0n) is 9.48. The molecule has 0 saturated heterocycles. The van der Waals surface area contributed by atoms with Gasteiger partial charge in [0.15, 0.2) is 0 Å². The molecule has 0 atom stereocenters. The lowest BCUT2D eigenvalue weighted by molar-refractivity contribution is 0.0594. The van der Waals surface area contributed by atoms with E-state index in [0.717, 1.165) is 11.1 Å². The van der Waals surface area contributed by atoms with Crippen molar-refractivity contribution in [2.45, 2.75) is 0 Å². The van der Waals surface area contributed by atoms with E-state index >= 15 is 0 Å². The Bertz CT molecular complexity index is 582. The molecule has 0 fully saturated rings. The first kappa shape index (κ1) is 12.9. The Balaban J connectivity index is 2.41. The number of pyridine rings is 1. The summed E-state index contributed by atoms with van der Waals surface area (Å²) in [6.07, 6.45) is 0. The first-order valence-corrected chi connectivity index (χ1v) is 5.88. The van der Waals surface area contributed by atoms with Gasteiger partial charge in [0.05, 0.1) is 7.11 Å². The van der Waals surface area contributed by atoms with Crippen molar-refractivity contribution >= 4 is 29.2 Å². The van der Waals surface area contributed by atoms with E-state index in [0.29, 0.717) is 5.02 Å². The van der Waals surface area contributed by atoms with E-state index in [2.05, 4.69) is 9.72 Å². The predicted octanol–water partition coefficient (Wildman–Crippen LogP) is 3.84. The molecule has 0 amide bonds. The topological polar surface area (TPSA) is 39.2 Å². The van der Waals surface area contributed by atoms with Crippen LogP contribution in [0.5, 0.6) is 0 Å². The lowest BCUT2D eigenvalue weighted by Gasteiger charge is -2.05. The van der Waals surface area contributed by atoms with E-state index in [4.69, 9.17) is 23.2 Å². The van der Waals surface area contributed by atoms with Crippen LogP contribution in [-0.4, -0.2) is 18.1 Å². The number of benzene rings is 1. The molecule has 2 aromatic rings. The minimum Gasteiger partial charge on any atom is -0.464 e. The lowest BCUT2D eigenvalue weighted by atomic mass is 10.1. The lowest BCUT2D eigenvalue weighted by Crippen LogP contribution is -2.04. The second kappa shape index (κ2) is 5.38. The molecule has 5 heteroatoms. The Morgan fingerprint density at radius 1 is 1.11 bits per heavy atom. The van der Waals surface area contributed by atoms with E-state index in [9.17, 15) is 4.79 Å². The van der Waals surface area contributed by atoms with Crippen molar-refractivity contribution in [3.8, 4) is 11.1 Å². The summed E-state index contributed by atoms with van der Waals surface area (Å²) in [5.74, 6) is -0.514. The molecule has 3 nitrogen and oxygen atoms in total. The fourth-order valence-corrected chi connectivity index (χ4v) is 1.89. The van der Waals surface area contributed by atoms with Crippen molar-refractivity contribution in [1.82, 2.24) is 4.98 Å². The van der Waals surface area contributed by atoms with Crippen LogP contribution in [0.15, 0.2) is 36.4 Å². The predicted molar refractivity (Wildman–Crippen MR) is 71.0 cm³/mol. The summed E-state index contributed by atoms with van der Waals surface area (Å²) < 4.78 is 4.58. The van der Waals surface area contributed by atoms with Crippen molar-refractivity contribution in [2.24, 2.45) is 0 Å². The average molecular weight is 282 g/mol. The molecular weight excluding hydrogens is 273 g/mol. The Hall–Kier alpha value is -1.58. The van der Waals surface area contributed by atoms with Crippen LogP contribution >= 0.6 is 23.2 Å². The van der Waals surface area contributed by atoms with Crippen LogP contribution in [0.1, 0.15) is 10.5 Å². The van der Waals surface area contributed by atoms with Gasteiger partial charge in [0.25, 0.3) is 0 Å². The number of carbonyl (C=O) groups excluding carboxylic acids is 1. The smallest absolute Gasteiger partial charge is 0.356 e. The molecule has 1 heterocycles. The second-order valence-electron chi connectivity index (χ2n) is 3.53. The van der Waals surface area contributed by atoms with Crippen molar-refractivity contribution < 1.29 is 9.53 Å². The molecule has 18 heavy (non-hydrogen) atoms. The highest BCUT2D eigenvalue weighted by Gasteiger charge is 2.11. The quantitative estimate of drug-likeness (QED) is 0.620. The molecule has 0 unspecified atom stereocenters. The van der Waals surface area contributed by atoms with E-state index in [1.165, 1.54) is 7.11 Å². The Kier molecular flexibility index (Phi) is 3.84. The number of rotatable bonds is 2. The van der Waals surface area contributed by atoms with Crippen LogP contribution in [0.3, 0.4) is 0 Å². The summed E-state index contributed by atoms with van der Waals surface area (Å²) in [5.41, 5.74) is 1.80. The molecule has 0 saturated carbocycles. The van der Waals surface area contributed by atoms with Gasteiger partial charge in [-0.1, -0.05) is 35.3 Å². The standard InChI is InChI=1S/C13H9Cl2NO2/c1-18-13(17)11-7-6-10(12(15)16-11)8-2-4-9(14)5-3-8/h2-7H,1H3. The zero-order valence-corrected chi connectivity index (χ0v) is 11.0. The highest BCUT2D eigenvalue weighted by atomic mass is 35.5. The molecule has 0 spiro atoms. The van der Waals surface area contributed by atoms with Crippen molar-refractivity contribution in [1.29, 1.82) is 0 Å². The number of halogens is 2. The molecule has 0 aliphatic carbocycles. The number of hydrogen-bond acceptors (Lipinski definition) is 3. The van der Waals surface area contributed by atoms with Crippen molar-refractivity contribution in [3.63, 3.8) is 0 Å². The van der Waals surface area contributed by atoms with Gasteiger partial charge in [0.2, 0.25) is 0 Å².